The fourth-order valence-corrected chi connectivity index (χ4v) is 8.47. The minimum Gasteiger partial charge on any atom is -0.208 e. The summed E-state index contributed by atoms with van der Waals surface area (Å²) in [7, 11) is 0. The van der Waals surface area contributed by atoms with Crippen LogP contribution in [-0.2, 0) is 0 Å². The third-order valence-corrected chi connectivity index (χ3v) is 11.3. The van der Waals surface area contributed by atoms with E-state index in [-0.39, 0.29) is 0 Å². The summed E-state index contributed by atoms with van der Waals surface area (Å²) in [6, 6.07) is 70.1. The summed E-state index contributed by atoms with van der Waals surface area (Å²) in [5, 5.41) is 14.2. The minimum atomic E-state index is 0.638. The Kier molecular flexibility index (Phi) is 7.84. The topological polar surface area (TPSA) is 62.5 Å². The van der Waals surface area contributed by atoms with Gasteiger partial charge in [-0.25, -0.2) is 15.0 Å². The molecule has 268 valence electrons. The number of hydrogen-bond donors (Lipinski definition) is 0. The molecule has 58 heavy (non-hydrogen) atoms. The molecule has 10 aromatic rings. The first kappa shape index (κ1) is 33.3. The van der Waals surface area contributed by atoms with E-state index < -0.39 is 0 Å². The molecule has 9 aromatic carbocycles. The molecule has 0 atom stereocenters. The van der Waals surface area contributed by atoms with Crippen molar-refractivity contribution < 1.29 is 0 Å². The van der Waals surface area contributed by atoms with Crippen LogP contribution in [-0.4, -0.2) is 15.0 Å². The van der Waals surface area contributed by atoms with Crippen molar-refractivity contribution in [3.63, 3.8) is 0 Å². The summed E-state index contributed by atoms with van der Waals surface area (Å²) >= 11 is 0. The summed E-state index contributed by atoms with van der Waals surface area (Å²) in [6.07, 6.45) is 0. The van der Waals surface area contributed by atoms with Crippen LogP contribution < -0.4 is 0 Å². The molecule has 1 aliphatic rings. The molecule has 0 N–H and O–H groups in total. The average Bonchev–Trinajstić information content (AvgIpc) is 3.63. The largest absolute Gasteiger partial charge is 0.208 e. The smallest absolute Gasteiger partial charge is 0.164 e. The molecule has 1 heterocycles. The predicted molar refractivity (Wildman–Crippen MR) is 237 cm³/mol. The third kappa shape index (κ3) is 5.65. The van der Waals surface area contributed by atoms with Crippen LogP contribution in [0.15, 0.2) is 194 Å². The van der Waals surface area contributed by atoms with Crippen LogP contribution in [0.5, 0.6) is 0 Å². The van der Waals surface area contributed by atoms with Crippen molar-refractivity contribution in [1.29, 1.82) is 5.26 Å². The highest BCUT2D eigenvalue weighted by atomic mass is 15.0. The van der Waals surface area contributed by atoms with E-state index in [0.29, 0.717) is 23.0 Å². The van der Waals surface area contributed by atoms with Crippen LogP contribution in [0.25, 0.3) is 111 Å². The van der Waals surface area contributed by atoms with E-state index in [9.17, 15) is 5.26 Å². The van der Waals surface area contributed by atoms with Gasteiger partial charge < -0.3 is 0 Å². The van der Waals surface area contributed by atoms with Crippen LogP contribution in [0.4, 0.5) is 0 Å². The van der Waals surface area contributed by atoms with E-state index in [0.717, 1.165) is 49.7 Å². The first-order chi connectivity index (χ1) is 28.7. The Labute approximate surface area is 336 Å². The Morgan fingerprint density at radius 3 is 1.31 bits per heavy atom. The molecule has 0 saturated heterocycles. The van der Waals surface area contributed by atoms with Crippen LogP contribution in [0.1, 0.15) is 5.56 Å². The van der Waals surface area contributed by atoms with E-state index in [1.165, 1.54) is 44.2 Å². The molecule has 0 saturated carbocycles. The van der Waals surface area contributed by atoms with Crippen LogP contribution >= 0.6 is 0 Å². The van der Waals surface area contributed by atoms with Gasteiger partial charge >= 0.3 is 0 Å². The van der Waals surface area contributed by atoms with Gasteiger partial charge in [0.05, 0.1) is 11.6 Å². The maximum absolute atomic E-state index is 9.38. The van der Waals surface area contributed by atoms with Gasteiger partial charge in [0.2, 0.25) is 0 Å². The monoisotopic (exact) mass is 736 g/mol. The van der Waals surface area contributed by atoms with E-state index in [4.69, 9.17) is 15.0 Å². The van der Waals surface area contributed by atoms with Gasteiger partial charge in [0.1, 0.15) is 0 Å². The number of nitriles is 1. The molecule has 0 bridgehead atoms. The number of fused-ring (bicyclic) bond motifs is 4. The Morgan fingerprint density at radius 1 is 0.293 bits per heavy atom. The highest BCUT2D eigenvalue weighted by Gasteiger charge is 2.25. The fourth-order valence-electron chi connectivity index (χ4n) is 8.47. The summed E-state index contributed by atoms with van der Waals surface area (Å²) < 4.78 is 0. The Bertz CT molecular complexity index is 3190. The third-order valence-electron chi connectivity index (χ3n) is 11.3. The van der Waals surface area contributed by atoms with Crippen LogP contribution in [0, 0.1) is 11.3 Å². The molecule has 0 aliphatic heterocycles. The van der Waals surface area contributed by atoms with Gasteiger partial charge in [-0.1, -0.05) is 164 Å². The lowest BCUT2D eigenvalue weighted by atomic mass is 9.87. The maximum atomic E-state index is 9.38. The SMILES string of the molecule is N#Cc1ccc(-c2cccc(-c3ccc4c5c(ccc(-c6ccc7cc(-c8nc(-c9ccccc9)nc(-c9ccccc9)n8)ccc7c6)c35)-c3ccccc3-4)c2)cc1. The number of aromatic nitrogens is 3. The highest BCUT2D eigenvalue weighted by Crippen LogP contribution is 2.52. The Morgan fingerprint density at radius 2 is 0.724 bits per heavy atom. The van der Waals surface area contributed by atoms with E-state index >= 15 is 0 Å². The minimum absolute atomic E-state index is 0.638. The fraction of sp³-hybridized carbons (Fsp3) is 0. The molecular formula is C54H32N4. The summed E-state index contributed by atoms with van der Waals surface area (Å²) in [5.74, 6) is 1.93. The number of rotatable bonds is 6. The summed E-state index contributed by atoms with van der Waals surface area (Å²) in [6.45, 7) is 0. The zero-order chi connectivity index (χ0) is 38.6. The van der Waals surface area contributed by atoms with Gasteiger partial charge in [0.15, 0.2) is 17.5 Å². The lowest BCUT2D eigenvalue weighted by Gasteiger charge is -2.16. The molecule has 0 amide bonds. The van der Waals surface area contributed by atoms with Crippen LogP contribution in [0.3, 0.4) is 0 Å². The molecule has 4 nitrogen and oxygen atoms in total. The van der Waals surface area contributed by atoms with Gasteiger partial charge in [-0.2, -0.15) is 5.26 Å². The van der Waals surface area contributed by atoms with E-state index in [2.05, 4.69) is 115 Å². The van der Waals surface area contributed by atoms with Crippen molar-refractivity contribution in [2.45, 2.75) is 0 Å². The van der Waals surface area contributed by atoms with Crippen molar-refractivity contribution >= 4 is 21.5 Å². The van der Waals surface area contributed by atoms with Gasteiger partial charge in [-0.3, -0.25) is 0 Å². The van der Waals surface area contributed by atoms with Gasteiger partial charge in [-0.15, -0.1) is 0 Å². The zero-order valence-corrected chi connectivity index (χ0v) is 31.3. The lowest BCUT2D eigenvalue weighted by molar-refractivity contribution is 1.07. The van der Waals surface area contributed by atoms with Crippen LogP contribution in [0.2, 0.25) is 0 Å². The maximum Gasteiger partial charge on any atom is 0.164 e. The number of benzene rings is 9. The molecular weight excluding hydrogens is 705 g/mol. The zero-order valence-electron chi connectivity index (χ0n) is 31.3. The molecule has 0 radical (unpaired) electrons. The van der Waals surface area contributed by atoms with Gasteiger partial charge in [0.25, 0.3) is 0 Å². The van der Waals surface area contributed by atoms with Crippen molar-refractivity contribution in [3.8, 4) is 95.9 Å². The second kappa shape index (κ2) is 13.6. The van der Waals surface area contributed by atoms with E-state index in [1.807, 2.05) is 84.9 Å². The predicted octanol–water partition coefficient (Wildman–Crippen LogP) is 13.7. The van der Waals surface area contributed by atoms with Gasteiger partial charge in [-0.05, 0) is 108 Å². The molecule has 0 spiro atoms. The molecule has 0 unspecified atom stereocenters. The number of hydrogen-bond acceptors (Lipinski definition) is 4. The summed E-state index contributed by atoms with van der Waals surface area (Å²) in [4.78, 5) is 14.8. The van der Waals surface area contributed by atoms with Crippen molar-refractivity contribution in [1.82, 2.24) is 15.0 Å². The number of nitrogens with zero attached hydrogens (tertiary/aromatic N) is 4. The first-order valence-corrected chi connectivity index (χ1v) is 19.4. The molecule has 1 aromatic heterocycles. The molecule has 1 aliphatic carbocycles. The van der Waals surface area contributed by atoms with E-state index in [1.54, 1.807) is 0 Å². The Balaban J connectivity index is 1.05. The quantitative estimate of drug-likeness (QED) is 0.170. The summed E-state index contributed by atoms with van der Waals surface area (Å²) in [5.41, 5.74) is 15.4. The average molecular weight is 737 g/mol. The normalized spacial score (nSPS) is 11.4. The van der Waals surface area contributed by atoms with Crippen molar-refractivity contribution in [2.24, 2.45) is 0 Å². The lowest BCUT2D eigenvalue weighted by Crippen LogP contribution is -2.00. The molecule has 0 fully saturated rings. The van der Waals surface area contributed by atoms with Crippen molar-refractivity contribution in [2.75, 3.05) is 0 Å². The van der Waals surface area contributed by atoms with Gasteiger partial charge in [0, 0.05) is 16.7 Å². The molecule has 11 rings (SSSR count). The highest BCUT2D eigenvalue weighted by molar-refractivity contribution is 6.22. The Hall–Kier alpha value is -8.00. The first-order valence-electron chi connectivity index (χ1n) is 19.4. The second-order valence-electron chi connectivity index (χ2n) is 14.7. The second-order valence-corrected chi connectivity index (χ2v) is 14.7. The van der Waals surface area contributed by atoms with Crippen molar-refractivity contribution in [3.05, 3.63) is 200 Å². The molecule has 4 heteroatoms. The standard InChI is InChI=1S/C54H32N4/c55-33-34-18-20-35(21-19-34)38-14-9-15-41(30-38)44-26-28-48-46-16-7-8-17-47(46)49-29-27-45(50(44)51(48)49)42-24-22-40-32-43(25-23-39(40)31-42)54-57-52(36-10-3-1-4-11-36)56-53(58-54)37-12-5-2-6-13-37/h1-32H.